The van der Waals surface area contributed by atoms with Crippen LogP contribution in [0.15, 0.2) is 53.8 Å². The average Bonchev–Trinajstić information content (AvgIpc) is 3.15. The van der Waals surface area contributed by atoms with E-state index in [4.69, 9.17) is 4.74 Å². The number of anilines is 1. The van der Waals surface area contributed by atoms with Crippen molar-refractivity contribution in [2.24, 2.45) is 0 Å². The molecule has 150 valence electrons. The van der Waals surface area contributed by atoms with Crippen molar-refractivity contribution < 1.29 is 14.3 Å². The molecule has 0 spiro atoms. The molecule has 9 heteroatoms. The Hall–Kier alpha value is -3.20. The molecule has 3 rings (SSSR count). The maximum Gasteiger partial charge on any atom is 0.337 e. The third kappa shape index (κ3) is 5.20. The molecular formula is C20H21N5O3S. The fraction of sp³-hybridized carbons (Fsp3) is 0.250. The number of hydrogen-bond acceptors (Lipinski definition) is 7. The van der Waals surface area contributed by atoms with Gasteiger partial charge in [-0.05, 0) is 36.8 Å². The molecule has 0 bridgehead atoms. The first kappa shape index (κ1) is 20.5. The zero-order chi connectivity index (χ0) is 20.6. The van der Waals surface area contributed by atoms with Crippen LogP contribution < -0.4 is 5.32 Å². The van der Waals surface area contributed by atoms with Gasteiger partial charge in [0.15, 0.2) is 11.0 Å². The number of carbonyl (C=O) groups is 2. The minimum atomic E-state index is -0.454. The van der Waals surface area contributed by atoms with E-state index in [9.17, 15) is 9.59 Å². The van der Waals surface area contributed by atoms with Crippen molar-refractivity contribution >= 4 is 29.3 Å². The number of carbonyl (C=O) groups excluding carboxylic acids is 2. The minimum absolute atomic E-state index is 0.159. The van der Waals surface area contributed by atoms with Gasteiger partial charge in [0, 0.05) is 18.4 Å². The normalized spacial score (nSPS) is 10.6. The molecule has 0 radical (unpaired) electrons. The van der Waals surface area contributed by atoms with Gasteiger partial charge in [0.2, 0.25) is 5.91 Å². The van der Waals surface area contributed by atoms with E-state index >= 15 is 0 Å². The molecule has 0 aliphatic heterocycles. The molecule has 0 unspecified atom stereocenters. The van der Waals surface area contributed by atoms with Crippen LogP contribution in [0.3, 0.4) is 0 Å². The zero-order valence-electron chi connectivity index (χ0n) is 16.2. The maximum absolute atomic E-state index is 12.4. The number of hydrogen-bond donors (Lipinski definition) is 1. The molecule has 1 amide bonds. The topological polar surface area (TPSA) is 99.0 Å². The molecule has 2 aromatic heterocycles. The van der Waals surface area contributed by atoms with Crippen LogP contribution in [0.5, 0.6) is 0 Å². The number of thioether (sulfide) groups is 1. The molecule has 29 heavy (non-hydrogen) atoms. The highest BCUT2D eigenvalue weighted by molar-refractivity contribution is 7.99. The summed E-state index contributed by atoms with van der Waals surface area (Å²) in [7, 11) is 1.32. The highest BCUT2D eigenvalue weighted by Gasteiger charge is 2.16. The van der Waals surface area contributed by atoms with Crippen LogP contribution in [0.1, 0.15) is 23.7 Å². The van der Waals surface area contributed by atoms with Crippen LogP contribution in [-0.2, 0) is 16.1 Å². The highest BCUT2D eigenvalue weighted by Crippen LogP contribution is 2.23. The van der Waals surface area contributed by atoms with Crippen molar-refractivity contribution in [1.82, 2.24) is 19.7 Å². The Morgan fingerprint density at radius 2 is 2.03 bits per heavy atom. The van der Waals surface area contributed by atoms with Gasteiger partial charge in [-0.1, -0.05) is 30.8 Å². The van der Waals surface area contributed by atoms with E-state index in [-0.39, 0.29) is 11.7 Å². The van der Waals surface area contributed by atoms with Crippen molar-refractivity contribution in [2.75, 3.05) is 18.2 Å². The number of benzene rings is 1. The molecule has 0 saturated carbocycles. The summed E-state index contributed by atoms with van der Waals surface area (Å²) in [4.78, 5) is 28.3. The first-order chi connectivity index (χ1) is 14.1. The number of amides is 1. The lowest BCUT2D eigenvalue weighted by Gasteiger charge is -2.09. The van der Waals surface area contributed by atoms with Crippen molar-refractivity contribution in [1.29, 1.82) is 0 Å². The van der Waals surface area contributed by atoms with Gasteiger partial charge in [-0.2, -0.15) is 0 Å². The zero-order valence-corrected chi connectivity index (χ0v) is 17.0. The van der Waals surface area contributed by atoms with Crippen LogP contribution in [0, 0.1) is 0 Å². The number of rotatable bonds is 8. The number of esters is 1. The van der Waals surface area contributed by atoms with Gasteiger partial charge in [-0.25, -0.2) is 4.79 Å². The van der Waals surface area contributed by atoms with E-state index in [0.717, 1.165) is 18.7 Å². The number of aromatic nitrogens is 4. The Labute approximate surface area is 172 Å². The quantitative estimate of drug-likeness (QED) is 0.449. The Kier molecular flexibility index (Phi) is 6.96. The second-order valence-corrected chi connectivity index (χ2v) is 7.02. The number of methoxy groups -OCH3 is 1. The Balaban J connectivity index is 1.67. The van der Waals surface area contributed by atoms with E-state index in [1.165, 1.54) is 18.9 Å². The van der Waals surface area contributed by atoms with Gasteiger partial charge in [0.05, 0.1) is 18.4 Å². The van der Waals surface area contributed by atoms with Crippen LogP contribution in [0.2, 0.25) is 0 Å². The van der Waals surface area contributed by atoms with E-state index < -0.39 is 5.97 Å². The van der Waals surface area contributed by atoms with Gasteiger partial charge >= 0.3 is 5.97 Å². The van der Waals surface area contributed by atoms with Crippen molar-refractivity contribution in [3.05, 3.63) is 54.2 Å². The van der Waals surface area contributed by atoms with E-state index in [1.807, 2.05) is 22.8 Å². The number of nitrogens with zero attached hydrogens (tertiary/aromatic N) is 4. The third-order valence-electron chi connectivity index (χ3n) is 3.96. The van der Waals surface area contributed by atoms with Gasteiger partial charge in [0.25, 0.3) is 0 Å². The molecule has 0 fully saturated rings. The lowest BCUT2D eigenvalue weighted by molar-refractivity contribution is -0.113. The smallest absolute Gasteiger partial charge is 0.337 e. The summed E-state index contributed by atoms with van der Waals surface area (Å²) in [5.41, 5.74) is 1.65. The first-order valence-corrected chi connectivity index (χ1v) is 10.1. The Bertz CT molecular complexity index is 991. The summed E-state index contributed by atoms with van der Waals surface area (Å²) in [5, 5.41) is 11.9. The van der Waals surface area contributed by atoms with Gasteiger partial charge in [0.1, 0.15) is 5.69 Å². The Morgan fingerprint density at radius 1 is 1.17 bits per heavy atom. The lowest BCUT2D eigenvalue weighted by Crippen LogP contribution is -2.15. The molecule has 0 saturated heterocycles. The van der Waals surface area contributed by atoms with E-state index in [2.05, 4.69) is 27.4 Å². The fourth-order valence-electron chi connectivity index (χ4n) is 2.67. The summed E-state index contributed by atoms with van der Waals surface area (Å²) in [6, 6.07) is 12.2. The number of pyridine rings is 1. The highest BCUT2D eigenvalue weighted by atomic mass is 32.2. The van der Waals surface area contributed by atoms with Crippen molar-refractivity contribution in [2.45, 2.75) is 25.0 Å². The summed E-state index contributed by atoms with van der Waals surface area (Å²) < 4.78 is 6.67. The van der Waals surface area contributed by atoms with Gasteiger partial charge < -0.3 is 14.6 Å². The third-order valence-corrected chi connectivity index (χ3v) is 4.92. The maximum atomic E-state index is 12.4. The monoisotopic (exact) mass is 411 g/mol. The molecule has 2 heterocycles. The standard InChI is InChI=1S/C20H21N5O3S/c1-3-11-25-18(16-9-4-5-10-21-16)23-24-20(25)29-13-17(26)22-15-8-6-7-14(12-15)19(27)28-2/h4-10,12H,3,11,13H2,1-2H3,(H,22,26). The average molecular weight is 411 g/mol. The minimum Gasteiger partial charge on any atom is -0.465 e. The predicted molar refractivity (Wildman–Crippen MR) is 111 cm³/mol. The fourth-order valence-corrected chi connectivity index (χ4v) is 3.44. The van der Waals surface area contributed by atoms with Gasteiger partial charge in [-0.3, -0.25) is 9.78 Å². The number of ether oxygens (including phenoxy) is 1. The van der Waals surface area contributed by atoms with Crippen molar-refractivity contribution in [3.8, 4) is 11.5 Å². The molecule has 1 N–H and O–H groups in total. The molecule has 0 aliphatic rings. The molecule has 8 nitrogen and oxygen atoms in total. The summed E-state index contributed by atoms with van der Waals surface area (Å²) >= 11 is 1.30. The largest absolute Gasteiger partial charge is 0.465 e. The second-order valence-electron chi connectivity index (χ2n) is 6.08. The van der Waals surface area contributed by atoms with Crippen LogP contribution in [0.25, 0.3) is 11.5 Å². The predicted octanol–water partition coefficient (Wildman–Crippen LogP) is 3.27. The summed E-state index contributed by atoms with van der Waals surface area (Å²) in [6.07, 6.45) is 2.61. The first-order valence-electron chi connectivity index (χ1n) is 9.08. The van der Waals surface area contributed by atoms with Crippen LogP contribution in [0.4, 0.5) is 5.69 Å². The Morgan fingerprint density at radius 3 is 2.76 bits per heavy atom. The van der Waals surface area contributed by atoms with E-state index in [1.54, 1.807) is 30.5 Å². The molecule has 0 atom stereocenters. The second kappa shape index (κ2) is 9.83. The number of nitrogens with one attached hydrogen (secondary N) is 1. The van der Waals surface area contributed by atoms with Crippen molar-refractivity contribution in [3.63, 3.8) is 0 Å². The lowest BCUT2D eigenvalue weighted by atomic mass is 10.2. The summed E-state index contributed by atoms with van der Waals surface area (Å²) in [5.74, 6) is 0.181. The SMILES string of the molecule is CCCn1c(SCC(=O)Nc2cccc(C(=O)OC)c2)nnc1-c1ccccn1. The van der Waals surface area contributed by atoms with Crippen LogP contribution >= 0.6 is 11.8 Å². The molecule has 1 aromatic carbocycles. The summed E-state index contributed by atoms with van der Waals surface area (Å²) in [6.45, 7) is 2.79. The van der Waals surface area contributed by atoms with E-state index in [0.29, 0.717) is 22.2 Å². The van der Waals surface area contributed by atoms with Crippen LogP contribution in [-0.4, -0.2) is 44.5 Å². The molecule has 3 aromatic rings. The molecular weight excluding hydrogens is 390 g/mol. The molecule has 0 aliphatic carbocycles. The van der Waals surface area contributed by atoms with Gasteiger partial charge in [-0.15, -0.1) is 10.2 Å².